The van der Waals surface area contributed by atoms with Crippen LogP contribution in [0.5, 0.6) is 5.75 Å². The molecule has 1 heterocycles. The maximum atomic E-state index is 13.8. The van der Waals surface area contributed by atoms with Gasteiger partial charge in [0.2, 0.25) is 0 Å². The van der Waals surface area contributed by atoms with Crippen molar-refractivity contribution >= 4 is 16.7 Å². The molecule has 0 bridgehead atoms. The number of phenols is 1. The smallest absolute Gasteiger partial charge is 0.303 e. The van der Waals surface area contributed by atoms with Gasteiger partial charge in [0.1, 0.15) is 11.6 Å². The Balaban J connectivity index is 2.26. The Morgan fingerprint density at radius 3 is 2.54 bits per heavy atom. The second kappa shape index (κ2) is 7.97. The fourth-order valence-electron chi connectivity index (χ4n) is 3.51. The minimum absolute atomic E-state index is 0.0674. The Morgan fingerprint density at radius 2 is 1.89 bits per heavy atom. The van der Waals surface area contributed by atoms with Gasteiger partial charge in [0, 0.05) is 23.1 Å². The van der Waals surface area contributed by atoms with Gasteiger partial charge in [0.15, 0.2) is 0 Å². The standard InChI is InChI=1S/C23H24FNO3/c1-13(2)23-22(15-7-10-19(24)14(3)11-15)17-9-8-16(26)12-18(17)20(25-23)5-4-6-21(27)28/h7-13,26H,4-6H2,1-3H3,(H,27,28). The first-order chi connectivity index (χ1) is 13.3. The number of hydrogen-bond acceptors (Lipinski definition) is 3. The van der Waals surface area contributed by atoms with E-state index in [1.807, 2.05) is 12.1 Å². The second-order valence-corrected chi connectivity index (χ2v) is 7.41. The number of aryl methyl sites for hydroxylation is 2. The molecule has 0 saturated carbocycles. The highest BCUT2D eigenvalue weighted by molar-refractivity contribution is 5.99. The van der Waals surface area contributed by atoms with Gasteiger partial charge >= 0.3 is 5.97 Å². The molecule has 0 aliphatic rings. The lowest BCUT2D eigenvalue weighted by Gasteiger charge is -2.19. The van der Waals surface area contributed by atoms with E-state index >= 15 is 0 Å². The number of aliphatic carboxylic acids is 1. The molecule has 0 saturated heterocycles. The molecule has 0 fully saturated rings. The maximum absolute atomic E-state index is 13.8. The number of carboxylic acid groups (broad SMARTS) is 1. The summed E-state index contributed by atoms with van der Waals surface area (Å²) in [6.07, 6.45) is 1.05. The van der Waals surface area contributed by atoms with Crippen molar-refractivity contribution in [2.24, 2.45) is 0 Å². The molecule has 5 heteroatoms. The predicted octanol–water partition coefficient (Wildman–Crippen LogP) is 5.59. The summed E-state index contributed by atoms with van der Waals surface area (Å²) in [7, 11) is 0. The van der Waals surface area contributed by atoms with Crippen molar-refractivity contribution in [3.8, 4) is 16.9 Å². The van der Waals surface area contributed by atoms with Crippen LogP contribution in [0.25, 0.3) is 21.9 Å². The summed E-state index contributed by atoms with van der Waals surface area (Å²) >= 11 is 0. The van der Waals surface area contributed by atoms with Crippen molar-refractivity contribution < 1.29 is 19.4 Å². The van der Waals surface area contributed by atoms with Crippen LogP contribution in [0.15, 0.2) is 36.4 Å². The van der Waals surface area contributed by atoms with E-state index in [2.05, 4.69) is 13.8 Å². The average molecular weight is 381 g/mol. The number of rotatable bonds is 6. The Bertz CT molecular complexity index is 1040. The molecule has 0 radical (unpaired) electrons. The van der Waals surface area contributed by atoms with Gasteiger partial charge in [-0.3, -0.25) is 9.78 Å². The fraction of sp³-hybridized carbons (Fsp3) is 0.304. The summed E-state index contributed by atoms with van der Waals surface area (Å²) < 4.78 is 13.8. The lowest BCUT2D eigenvalue weighted by molar-refractivity contribution is -0.137. The summed E-state index contributed by atoms with van der Waals surface area (Å²) in [4.78, 5) is 15.8. The van der Waals surface area contributed by atoms with Gasteiger partial charge in [0.25, 0.3) is 0 Å². The second-order valence-electron chi connectivity index (χ2n) is 7.41. The molecular formula is C23H24FNO3. The number of hydrogen-bond donors (Lipinski definition) is 2. The van der Waals surface area contributed by atoms with E-state index in [1.165, 1.54) is 6.07 Å². The summed E-state index contributed by atoms with van der Waals surface area (Å²) in [5.74, 6) is -0.839. The minimum atomic E-state index is -0.838. The number of nitrogens with zero attached hydrogens (tertiary/aromatic N) is 1. The van der Waals surface area contributed by atoms with E-state index in [1.54, 1.807) is 25.1 Å². The lowest BCUT2D eigenvalue weighted by atomic mass is 9.90. The summed E-state index contributed by atoms with van der Waals surface area (Å²) in [6.45, 7) is 5.83. The molecule has 0 spiro atoms. The molecule has 146 valence electrons. The number of halogens is 1. The number of pyridine rings is 1. The number of fused-ring (bicyclic) bond motifs is 1. The monoisotopic (exact) mass is 381 g/mol. The van der Waals surface area contributed by atoms with Gasteiger partial charge in [-0.25, -0.2) is 4.39 Å². The zero-order valence-electron chi connectivity index (χ0n) is 16.3. The zero-order valence-corrected chi connectivity index (χ0v) is 16.3. The molecule has 3 rings (SSSR count). The topological polar surface area (TPSA) is 70.4 Å². The number of phenolic OH excluding ortho intramolecular Hbond substituents is 1. The average Bonchev–Trinajstić information content (AvgIpc) is 2.63. The Labute approximate surface area is 163 Å². The van der Waals surface area contributed by atoms with Gasteiger partial charge in [-0.1, -0.05) is 19.9 Å². The fourth-order valence-corrected chi connectivity index (χ4v) is 3.51. The van der Waals surface area contributed by atoms with E-state index in [0.29, 0.717) is 18.4 Å². The van der Waals surface area contributed by atoms with Crippen molar-refractivity contribution in [3.05, 3.63) is 59.2 Å². The van der Waals surface area contributed by atoms with Crippen LogP contribution < -0.4 is 0 Å². The van der Waals surface area contributed by atoms with Crippen molar-refractivity contribution in [2.75, 3.05) is 0 Å². The van der Waals surface area contributed by atoms with Crippen LogP contribution in [0.2, 0.25) is 0 Å². The third kappa shape index (κ3) is 3.98. The molecular weight excluding hydrogens is 357 g/mol. The largest absolute Gasteiger partial charge is 0.508 e. The van der Waals surface area contributed by atoms with Gasteiger partial charge in [-0.15, -0.1) is 0 Å². The Hall–Kier alpha value is -2.95. The van der Waals surface area contributed by atoms with Crippen LogP contribution in [0.3, 0.4) is 0 Å². The summed E-state index contributed by atoms with van der Waals surface area (Å²) in [5.41, 5.74) is 4.02. The molecule has 0 amide bonds. The maximum Gasteiger partial charge on any atom is 0.303 e. The highest BCUT2D eigenvalue weighted by Crippen LogP contribution is 2.38. The molecule has 4 nitrogen and oxygen atoms in total. The molecule has 3 aromatic rings. The van der Waals surface area contributed by atoms with Gasteiger partial charge in [0.05, 0.1) is 5.69 Å². The van der Waals surface area contributed by atoms with Crippen LogP contribution >= 0.6 is 0 Å². The highest BCUT2D eigenvalue weighted by atomic mass is 19.1. The number of carboxylic acids is 1. The molecule has 2 aromatic carbocycles. The molecule has 0 aliphatic carbocycles. The van der Waals surface area contributed by atoms with Crippen molar-refractivity contribution in [1.82, 2.24) is 4.98 Å². The normalized spacial score (nSPS) is 11.3. The molecule has 0 unspecified atom stereocenters. The third-order valence-electron chi connectivity index (χ3n) is 4.89. The highest BCUT2D eigenvalue weighted by Gasteiger charge is 2.19. The first kappa shape index (κ1) is 19.8. The van der Waals surface area contributed by atoms with E-state index in [9.17, 15) is 14.3 Å². The molecule has 0 aliphatic heterocycles. The van der Waals surface area contributed by atoms with Crippen LogP contribution in [0.1, 0.15) is 49.6 Å². The number of carbonyl (C=O) groups is 1. The predicted molar refractivity (Wildman–Crippen MR) is 108 cm³/mol. The van der Waals surface area contributed by atoms with Crippen LogP contribution in [0, 0.1) is 12.7 Å². The van der Waals surface area contributed by atoms with Crippen molar-refractivity contribution in [3.63, 3.8) is 0 Å². The molecule has 2 N–H and O–H groups in total. The third-order valence-corrected chi connectivity index (χ3v) is 4.89. The first-order valence-electron chi connectivity index (χ1n) is 9.41. The summed E-state index contributed by atoms with van der Waals surface area (Å²) in [5, 5.41) is 20.7. The Kier molecular flexibility index (Phi) is 5.63. The lowest BCUT2D eigenvalue weighted by Crippen LogP contribution is -2.05. The summed E-state index contributed by atoms with van der Waals surface area (Å²) in [6, 6.07) is 10.2. The number of benzene rings is 2. The van der Waals surface area contributed by atoms with Gasteiger partial charge in [-0.05, 0) is 72.5 Å². The van der Waals surface area contributed by atoms with Crippen molar-refractivity contribution in [2.45, 2.75) is 46.0 Å². The number of aromatic hydroxyl groups is 1. The molecule has 0 atom stereocenters. The molecule has 1 aromatic heterocycles. The quantitative estimate of drug-likeness (QED) is 0.584. The van der Waals surface area contributed by atoms with Crippen molar-refractivity contribution in [1.29, 1.82) is 0 Å². The van der Waals surface area contributed by atoms with Crippen LogP contribution in [0.4, 0.5) is 4.39 Å². The zero-order chi connectivity index (χ0) is 20.4. The SMILES string of the molecule is Cc1cc(-c2c(C(C)C)nc(CCCC(=O)O)c3cc(O)ccc23)ccc1F. The van der Waals surface area contributed by atoms with E-state index < -0.39 is 5.97 Å². The Morgan fingerprint density at radius 1 is 1.14 bits per heavy atom. The molecule has 28 heavy (non-hydrogen) atoms. The minimum Gasteiger partial charge on any atom is -0.508 e. The van der Waals surface area contributed by atoms with Gasteiger partial charge < -0.3 is 10.2 Å². The van der Waals surface area contributed by atoms with E-state index in [-0.39, 0.29) is 23.9 Å². The van der Waals surface area contributed by atoms with Gasteiger partial charge in [-0.2, -0.15) is 0 Å². The van der Waals surface area contributed by atoms with Crippen LogP contribution in [-0.2, 0) is 11.2 Å². The van der Waals surface area contributed by atoms with E-state index in [4.69, 9.17) is 10.1 Å². The number of aromatic nitrogens is 1. The first-order valence-corrected chi connectivity index (χ1v) is 9.41. The van der Waals surface area contributed by atoms with E-state index in [0.717, 1.165) is 33.3 Å². The van der Waals surface area contributed by atoms with Crippen LogP contribution in [-0.4, -0.2) is 21.2 Å².